The van der Waals surface area contributed by atoms with Gasteiger partial charge in [0.25, 0.3) is 5.91 Å². The lowest BCUT2D eigenvalue weighted by atomic mass is 10.2. The Morgan fingerprint density at radius 3 is 2.70 bits per heavy atom. The largest absolute Gasteiger partial charge is 0.336 e. The maximum absolute atomic E-state index is 12.8. The van der Waals surface area contributed by atoms with Gasteiger partial charge < -0.3 is 4.90 Å². The maximum Gasteiger partial charge on any atom is 0.259 e. The normalized spacial score (nSPS) is 11.2. The molecule has 0 aromatic carbocycles. The van der Waals surface area contributed by atoms with Gasteiger partial charge in [-0.15, -0.1) is 0 Å². The molecule has 0 N–H and O–H groups in total. The minimum atomic E-state index is -0.158. The minimum Gasteiger partial charge on any atom is -0.336 e. The molecule has 3 heterocycles. The van der Waals surface area contributed by atoms with E-state index in [2.05, 4.69) is 15.2 Å². The number of carbonyl (C=O) groups excluding carboxylic acids is 1. The second kappa shape index (κ2) is 5.66. The van der Waals surface area contributed by atoms with Crippen LogP contribution in [0.15, 0.2) is 18.5 Å². The van der Waals surface area contributed by atoms with Crippen molar-refractivity contribution >= 4 is 23.2 Å². The van der Waals surface area contributed by atoms with Crippen LogP contribution in [0.25, 0.3) is 5.65 Å². The number of nitrogens with zero attached hydrogens (tertiary/aromatic N) is 6. The highest BCUT2D eigenvalue weighted by Gasteiger charge is 2.21. The Morgan fingerprint density at radius 2 is 2.04 bits per heavy atom. The van der Waals surface area contributed by atoms with Crippen LogP contribution in [0.1, 0.15) is 27.4 Å². The first-order valence-electron chi connectivity index (χ1n) is 7.12. The van der Waals surface area contributed by atoms with E-state index in [1.807, 2.05) is 19.9 Å². The molecule has 0 saturated heterocycles. The predicted molar refractivity (Wildman–Crippen MR) is 86.5 cm³/mol. The van der Waals surface area contributed by atoms with Gasteiger partial charge in [-0.25, -0.2) is 9.50 Å². The van der Waals surface area contributed by atoms with Crippen molar-refractivity contribution in [2.24, 2.45) is 7.05 Å². The minimum absolute atomic E-state index is 0.158. The van der Waals surface area contributed by atoms with E-state index < -0.39 is 0 Å². The number of halogens is 1. The van der Waals surface area contributed by atoms with E-state index in [4.69, 9.17) is 11.6 Å². The number of aryl methyl sites for hydroxylation is 3. The lowest BCUT2D eigenvalue weighted by Crippen LogP contribution is -2.27. The molecule has 0 spiro atoms. The van der Waals surface area contributed by atoms with Gasteiger partial charge >= 0.3 is 0 Å². The highest BCUT2D eigenvalue weighted by Crippen LogP contribution is 2.18. The summed E-state index contributed by atoms with van der Waals surface area (Å²) in [6.07, 6.45) is 3.12. The SMILES string of the molecule is Cc1cc(C)n2ncc(C(=O)N(C)Cc3c(Cl)cnn3C)c2n1. The van der Waals surface area contributed by atoms with Crippen molar-refractivity contribution in [3.63, 3.8) is 0 Å². The van der Waals surface area contributed by atoms with Gasteiger partial charge in [0, 0.05) is 25.5 Å². The molecule has 0 atom stereocenters. The van der Waals surface area contributed by atoms with Crippen LogP contribution in [0, 0.1) is 13.8 Å². The van der Waals surface area contributed by atoms with Crippen LogP contribution in [0.4, 0.5) is 0 Å². The molecule has 0 aliphatic carbocycles. The first kappa shape index (κ1) is 15.5. The van der Waals surface area contributed by atoms with Crippen LogP contribution < -0.4 is 0 Å². The van der Waals surface area contributed by atoms with E-state index >= 15 is 0 Å². The second-order valence-corrected chi connectivity index (χ2v) is 5.96. The smallest absolute Gasteiger partial charge is 0.259 e. The molecule has 8 heteroatoms. The van der Waals surface area contributed by atoms with Gasteiger partial charge in [-0.1, -0.05) is 11.6 Å². The predicted octanol–water partition coefficient (Wildman–Crippen LogP) is 2.01. The molecule has 0 fully saturated rings. The topological polar surface area (TPSA) is 68.3 Å². The van der Waals surface area contributed by atoms with E-state index in [-0.39, 0.29) is 5.91 Å². The summed E-state index contributed by atoms with van der Waals surface area (Å²) in [5.41, 5.74) is 3.60. The standard InChI is InChI=1S/C15H17ClN6O/c1-9-5-10(2)22-14(19-9)11(6-18-22)15(23)20(3)8-13-12(16)7-17-21(13)4/h5-7H,8H2,1-4H3. The van der Waals surface area contributed by atoms with Gasteiger partial charge in [-0.3, -0.25) is 9.48 Å². The molecule has 3 rings (SSSR count). The van der Waals surface area contributed by atoms with Crippen molar-refractivity contribution in [2.45, 2.75) is 20.4 Å². The molecule has 0 unspecified atom stereocenters. The van der Waals surface area contributed by atoms with Crippen molar-refractivity contribution in [2.75, 3.05) is 7.05 Å². The summed E-state index contributed by atoms with van der Waals surface area (Å²) in [5.74, 6) is -0.158. The van der Waals surface area contributed by atoms with Crippen LogP contribution in [0.2, 0.25) is 5.02 Å². The fraction of sp³-hybridized carbons (Fsp3) is 0.333. The molecule has 0 aliphatic rings. The molecule has 1 amide bonds. The van der Waals surface area contributed by atoms with Gasteiger partial charge in [0.15, 0.2) is 5.65 Å². The van der Waals surface area contributed by atoms with Crippen LogP contribution in [0.5, 0.6) is 0 Å². The zero-order chi connectivity index (χ0) is 16.7. The lowest BCUT2D eigenvalue weighted by molar-refractivity contribution is 0.0783. The van der Waals surface area contributed by atoms with E-state index in [1.54, 1.807) is 40.6 Å². The fourth-order valence-electron chi connectivity index (χ4n) is 2.54. The quantitative estimate of drug-likeness (QED) is 0.735. The monoisotopic (exact) mass is 332 g/mol. The Hall–Kier alpha value is -2.41. The van der Waals surface area contributed by atoms with Crippen LogP contribution >= 0.6 is 11.6 Å². The summed E-state index contributed by atoms with van der Waals surface area (Å²) in [6, 6.07) is 1.92. The number of amides is 1. The van der Waals surface area contributed by atoms with E-state index in [0.717, 1.165) is 17.1 Å². The molecule has 0 saturated carbocycles. The first-order chi connectivity index (χ1) is 10.9. The Labute approximate surface area is 138 Å². The maximum atomic E-state index is 12.8. The van der Waals surface area contributed by atoms with Crippen LogP contribution in [0.3, 0.4) is 0 Å². The van der Waals surface area contributed by atoms with Crippen molar-refractivity contribution in [1.82, 2.24) is 29.3 Å². The highest BCUT2D eigenvalue weighted by molar-refractivity contribution is 6.31. The summed E-state index contributed by atoms with van der Waals surface area (Å²) in [7, 11) is 3.51. The molecule has 3 aromatic heterocycles. The summed E-state index contributed by atoms with van der Waals surface area (Å²) < 4.78 is 3.33. The third-order valence-electron chi connectivity index (χ3n) is 3.75. The van der Waals surface area contributed by atoms with Crippen molar-refractivity contribution in [3.05, 3.63) is 46.1 Å². The number of hydrogen-bond donors (Lipinski definition) is 0. The average Bonchev–Trinajstić information content (AvgIpc) is 3.04. The summed E-state index contributed by atoms with van der Waals surface area (Å²) in [6.45, 7) is 4.19. The Kier molecular flexibility index (Phi) is 3.81. The van der Waals surface area contributed by atoms with Gasteiger partial charge in [0.2, 0.25) is 0 Å². The fourth-order valence-corrected chi connectivity index (χ4v) is 2.76. The Morgan fingerprint density at radius 1 is 1.30 bits per heavy atom. The van der Waals surface area contributed by atoms with E-state index in [9.17, 15) is 4.79 Å². The third-order valence-corrected chi connectivity index (χ3v) is 4.07. The molecular formula is C15H17ClN6O. The molecule has 3 aromatic rings. The zero-order valence-electron chi connectivity index (χ0n) is 13.4. The van der Waals surface area contributed by atoms with Gasteiger partial charge in [-0.2, -0.15) is 10.2 Å². The molecule has 0 aliphatic heterocycles. The number of aromatic nitrogens is 5. The van der Waals surface area contributed by atoms with Crippen molar-refractivity contribution in [1.29, 1.82) is 0 Å². The van der Waals surface area contributed by atoms with Gasteiger partial charge in [0.05, 0.1) is 29.7 Å². The molecular weight excluding hydrogens is 316 g/mol. The number of carbonyl (C=O) groups is 1. The number of fused-ring (bicyclic) bond motifs is 1. The van der Waals surface area contributed by atoms with Gasteiger partial charge in [-0.05, 0) is 19.9 Å². The number of rotatable bonds is 3. The van der Waals surface area contributed by atoms with E-state index in [1.165, 1.54) is 0 Å². The van der Waals surface area contributed by atoms with Crippen LogP contribution in [-0.4, -0.2) is 42.2 Å². The summed E-state index contributed by atoms with van der Waals surface area (Å²) in [4.78, 5) is 18.8. The molecule has 7 nitrogen and oxygen atoms in total. The average molecular weight is 333 g/mol. The first-order valence-corrected chi connectivity index (χ1v) is 7.50. The van der Waals surface area contributed by atoms with Gasteiger partial charge in [0.1, 0.15) is 5.56 Å². The summed E-state index contributed by atoms with van der Waals surface area (Å²) >= 11 is 6.11. The molecule has 120 valence electrons. The lowest BCUT2D eigenvalue weighted by Gasteiger charge is -2.17. The van der Waals surface area contributed by atoms with Crippen molar-refractivity contribution < 1.29 is 4.79 Å². The van der Waals surface area contributed by atoms with E-state index in [0.29, 0.717) is 22.8 Å². The second-order valence-electron chi connectivity index (χ2n) is 5.56. The molecule has 23 heavy (non-hydrogen) atoms. The van der Waals surface area contributed by atoms with Crippen LogP contribution in [-0.2, 0) is 13.6 Å². The zero-order valence-corrected chi connectivity index (χ0v) is 14.2. The Bertz CT molecular complexity index is 877. The number of hydrogen-bond acceptors (Lipinski definition) is 4. The summed E-state index contributed by atoms with van der Waals surface area (Å²) in [5, 5.41) is 8.88. The Balaban J connectivity index is 1.94. The molecule has 0 radical (unpaired) electrons. The van der Waals surface area contributed by atoms with Crippen molar-refractivity contribution in [3.8, 4) is 0 Å². The highest BCUT2D eigenvalue weighted by atomic mass is 35.5. The molecule has 0 bridgehead atoms. The third kappa shape index (κ3) is 2.68.